The van der Waals surface area contributed by atoms with Crippen LogP contribution in [0.15, 0.2) is 60.7 Å². The predicted octanol–water partition coefficient (Wildman–Crippen LogP) is 3.62. The number of benzene rings is 2. The molecule has 2 amide bonds. The monoisotopic (exact) mass is 440 g/mol. The van der Waals surface area contributed by atoms with Crippen LogP contribution in [0.5, 0.6) is 0 Å². The summed E-state index contributed by atoms with van der Waals surface area (Å²) in [6.45, 7) is 4.00. The van der Waals surface area contributed by atoms with E-state index in [9.17, 15) is 14.4 Å². The van der Waals surface area contributed by atoms with Crippen molar-refractivity contribution in [1.82, 2.24) is 10.6 Å². The van der Waals surface area contributed by atoms with Gasteiger partial charge in [-0.3, -0.25) is 4.79 Å². The van der Waals surface area contributed by atoms with Crippen LogP contribution in [0.2, 0.25) is 0 Å². The summed E-state index contributed by atoms with van der Waals surface area (Å²) in [4.78, 5) is 37.5. The molecule has 32 heavy (non-hydrogen) atoms. The molecule has 0 aliphatic carbocycles. The smallest absolute Gasteiger partial charge is 0.408 e. The van der Waals surface area contributed by atoms with Gasteiger partial charge in [0.2, 0.25) is 5.91 Å². The van der Waals surface area contributed by atoms with E-state index >= 15 is 0 Å². The van der Waals surface area contributed by atoms with E-state index in [1.807, 2.05) is 74.5 Å². The lowest BCUT2D eigenvalue weighted by atomic mass is 10.0. The lowest BCUT2D eigenvalue weighted by Crippen LogP contribution is -2.52. The van der Waals surface area contributed by atoms with Gasteiger partial charge < -0.3 is 20.1 Å². The molecule has 0 saturated carbocycles. The molecule has 0 heterocycles. The molecule has 0 spiro atoms. The number of alkyl carbamates (subject to hydrolysis) is 1. The van der Waals surface area contributed by atoms with Crippen LogP contribution in [-0.4, -0.2) is 37.2 Å². The molecule has 0 radical (unpaired) electrons. The molecule has 0 bridgehead atoms. The molecule has 172 valence electrons. The molecule has 0 aromatic heterocycles. The van der Waals surface area contributed by atoms with E-state index in [4.69, 9.17) is 9.47 Å². The Kier molecular flexibility index (Phi) is 10.2. The lowest BCUT2D eigenvalue weighted by molar-refractivity contribution is -0.145. The summed E-state index contributed by atoms with van der Waals surface area (Å²) in [5, 5.41) is 5.37. The van der Waals surface area contributed by atoms with Gasteiger partial charge in [-0.05, 0) is 36.3 Å². The number of carbonyl (C=O) groups excluding carboxylic acids is 3. The van der Waals surface area contributed by atoms with Gasteiger partial charge in [0, 0.05) is 0 Å². The van der Waals surface area contributed by atoms with Gasteiger partial charge in [-0.25, -0.2) is 9.59 Å². The van der Waals surface area contributed by atoms with E-state index in [-0.39, 0.29) is 12.5 Å². The Balaban J connectivity index is 1.98. The average molecular weight is 441 g/mol. The zero-order valence-corrected chi connectivity index (χ0v) is 18.9. The Morgan fingerprint density at radius 1 is 0.844 bits per heavy atom. The van der Waals surface area contributed by atoms with Crippen LogP contribution in [0.4, 0.5) is 4.79 Å². The summed E-state index contributed by atoms with van der Waals surface area (Å²) in [5.41, 5.74) is 1.90. The first-order valence-electron chi connectivity index (χ1n) is 10.8. The Hall–Kier alpha value is -3.35. The number of hydrogen-bond donors (Lipinski definition) is 2. The van der Waals surface area contributed by atoms with Crippen molar-refractivity contribution in [3.05, 3.63) is 71.8 Å². The maximum Gasteiger partial charge on any atom is 0.408 e. The van der Waals surface area contributed by atoms with Crippen molar-refractivity contribution in [2.24, 2.45) is 5.92 Å². The number of carbonyl (C=O) groups is 3. The molecule has 2 rings (SSSR count). The van der Waals surface area contributed by atoms with Crippen molar-refractivity contribution in [3.8, 4) is 0 Å². The molecule has 2 aromatic carbocycles. The lowest BCUT2D eigenvalue weighted by Gasteiger charge is -2.23. The molecule has 2 atom stereocenters. The minimum absolute atomic E-state index is 0.102. The number of amides is 2. The van der Waals surface area contributed by atoms with E-state index < -0.39 is 30.1 Å². The molecule has 7 heteroatoms. The first-order valence-corrected chi connectivity index (χ1v) is 10.8. The highest BCUT2D eigenvalue weighted by atomic mass is 16.5. The fourth-order valence-electron chi connectivity index (χ4n) is 3.23. The highest BCUT2D eigenvalue weighted by Gasteiger charge is 2.28. The quantitative estimate of drug-likeness (QED) is 0.521. The van der Waals surface area contributed by atoms with E-state index in [0.717, 1.165) is 11.1 Å². The molecule has 0 aliphatic heterocycles. The van der Waals surface area contributed by atoms with Gasteiger partial charge in [0.15, 0.2) is 0 Å². The number of rotatable bonds is 11. The number of hydrogen-bond acceptors (Lipinski definition) is 5. The number of nitrogens with one attached hydrogen (secondary N) is 2. The molecule has 0 unspecified atom stereocenters. The second-order valence-corrected chi connectivity index (χ2v) is 8.00. The van der Waals surface area contributed by atoms with E-state index in [2.05, 4.69) is 10.6 Å². The molecule has 2 N–H and O–H groups in total. The fraction of sp³-hybridized carbons (Fsp3) is 0.400. The Labute approximate surface area is 189 Å². The van der Waals surface area contributed by atoms with E-state index in [1.54, 1.807) is 0 Å². The predicted molar refractivity (Wildman–Crippen MR) is 122 cm³/mol. The summed E-state index contributed by atoms with van der Waals surface area (Å²) in [5.74, 6) is -0.830. The molecule has 2 aromatic rings. The third-order valence-electron chi connectivity index (χ3n) is 4.90. The van der Waals surface area contributed by atoms with Crippen molar-refractivity contribution in [1.29, 1.82) is 0 Å². The topological polar surface area (TPSA) is 93.7 Å². The molecule has 0 saturated heterocycles. The summed E-state index contributed by atoms with van der Waals surface area (Å²) >= 11 is 0. The van der Waals surface area contributed by atoms with Crippen molar-refractivity contribution < 1.29 is 23.9 Å². The molecule has 7 nitrogen and oxygen atoms in total. The fourth-order valence-corrected chi connectivity index (χ4v) is 3.23. The Bertz CT molecular complexity index is 855. The number of esters is 1. The SMILES string of the molecule is COC(=O)[C@@H](CCc1ccccc1)NC(=O)[C@H](CC(C)C)NC(=O)OCc1ccccc1. The van der Waals surface area contributed by atoms with Crippen LogP contribution in [0.25, 0.3) is 0 Å². The Morgan fingerprint density at radius 3 is 2.00 bits per heavy atom. The first-order chi connectivity index (χ1) is 15.4. The van der Waals surface area contributed by atoms with Crippen LogP contribution in [0.3, 0.4) is 0 Å². The highest BCUT2D eigenvalue weighted by molar-refractivity contribution is 5.89. The van der Waals surface area contributed by atoms with Crippen LogP contribution in [-0.2, 0) is 32.1 Å². The molecule has 0 aliphatic rings. The summed E-state index contributed by atoms with van der Waals surface area (Å²) < 4.78 is 10.1. The minimum Gasteiger partial charge on any atom is -0.467 e. The highest BCUT2D eigenvalue weighted by Crippen LogP contribution is 2.10. The third kappa shape index (κ3) is 8.79. The number of ether oxygens (including phenoxy) is 2. The van der Waals surface area contributed by atoms with Crippen molar-refractivity contribution in [2.45, 2.75) is 51.8 Å². The summed E-state index contributed by atoms with van der Waals surface area (Å²) in [6.07, 6.45) is 0.699. The second-order valence-electron chi connectivity index (χ2n) is 8.00. The van der Waals surface area contributed by atoms with Gasteiger partial charge in [0.1, 0.15) is 18.7 Å². The normalized spacial score (nSPS) is 12.5. The van der Waals surface area contributed by atoms with Gasteiger partial charge in [-0.1, -0.05) is 74.5 Å². The maximum atomic E-state index is 12.9. The maximum absolute atomic E-state index is 12.9. The zero-order chi connectivity index (χ0) is 23.3. The third-order valence-corrected chi connectivity index (χ3v) is 4.90. The number of methoxy groups -OCH3 is 1. The summed E-state index contributed by atoms with van der Waals surface area (Å²) in [7, 11) is 1.29. The second kappa shape index (κ2) is 13.1. The van der Waals surface area contributed by atoms with Crippen molar-refractivity contribution in [3.63, 3.8) is 0 Å². The minimum atomic E-state index is -0.831. The summed E-state index contributed by atoms with van der Waals surface area (Å²) in [6, 6.07) is 17.3. The molecule has 0 fully saturated rings. The van der Waals surface area contributed by atoms with Crippen molar-refractivity contribution in [2.75, 3.05) is 7.11 Å². The van der Waals surface area contributed by atoms with Gasteiger partial charge in [-0.15, -0.1) is 0 Å². The van der Waals surface area contributed by atoms with Crippen LogP contribution in [0.1, 0.15) is 37.8 Å². The number of aryl methyl sites for hydroxylation is 1. The standard InChI is InChI=1S/C25H32N2O5/c1-18(2)16-22(27-25(30)32-17-20-12-8-5-9-13-20)23(28)26-21(24(29)31-3)15-14-19-10-6-4-7-11-19/h4-13,18,21-22H,14-17H2,1-3H3,(H,26,28)(H,27,30)/t21-,22+/m1/s1. The van der Waals surface area contributed by atoms with Gasteiger partial charge >= 0.3 is 12.1 Å². The van der Waals surface area contributed by atoms with Gasteiger partial charge in [-0.2, -0.15) is 0 Å². The average Bonchev–Trinajstić information content (AvgIpc) is 2.80. The first kappa shape index (κ1) is 24.9. The van der Waals surface area contributed by atoms with E-state index in [1.165, 1.54) is 7.11 Å². The van der Waals surface area contributed by atoms with Gasteiger partial charge in [0.25, 0.3) is 0 Å². The van der Waals surface area contributed by atoms with Crippen LogP contribution >= 0.6 is 0 Å². The van der Waals surface area contributed by atoms with Crippen LogP contribution in [0, 0.1) is 5.92 Å². The van der Waals surface area contributed by atoms with E-state index in [0.29, 0.717) is 19.3 Å². The molecular formula is C25H32N2O5. The van der Waals surface area contributed by atoms with Crippen LogP contribution < -0.4 is 10.6 Å². The molecular weight excluding hydrogens is 408 g/mol. The Morgan fingerprint density at radius 2 is 1.44 bits per heavy atom. The zero-order valence-electron chi connectivity index (χ0n) is 18.9. The van der Waals surface area contributed by atoms with Gasteiger partial charge in [0.05, 0.1) is 7.11 Å². The van der Waals surface area contributed by atoms with Crippen molar-refractivity contribution >= 4 is 18.0 Å². The largest absolute Gasteiger partial charge is 0.467 e.